The van der Waals surface area contributed by atoms with Crippen molar-refractivity contribution in [2.45, 2.75) is 19.6 Å². The van der Waals surface area contributed by atoms with Gasteiger partial charge in [-0.25, -0.2) is 4.79 Å². The first kappa shape index (κ1) is 16.7. The molecule has 0 aliphatic rings. The van der Waals surface area contributed by atoms with E-state index in [-0.39, 0.29) is 12.5 Å². The van der Waals surface area contributed by atoms with E-state index in [1.165, 1.54) is 0 Å². The number of fused-ring (bicyclic) bond motifs is 1. The Balaban J connectivity index is 1.59. The van der Waals surface area contributed by atoms with Gasteiger partial charge in [0.15, 0.2) is 0 Å². The zero-order chi connectivity index (χ0) is 17.6. The third-order valence-electron chi connectivity index (χ3n) is 3.94. The lowest BCUT2D eigenvalue weighted by atomic mass is 10.1. The van der Waals surface area contributed by atoms with Gasteiger partial charge in [-0.2, -0.15) is 0 Å². The molecule has 0 aromatic heterocycles. The van der Waals surface area contributed by atoms with Crippen LogP contribution in [0.3, 0.4) is 0 Å². The standard InChI is InChI=1S/C21H19NO3/c1-15(21(24)25-14-16-7-3-2-4-8-16)22-20(23)19-12-11-17-9-5-6-10-18(17)13-19/h2-13,15H,14H2,1H3,(H,22,23)/t15-/m0/s1. The van der Waals surface area contributed by atoms with Crippen molar-refractivity contribution in [1.29, 1.82) is 0 Å². The third-order valence-corrected chi connectivity index (χ3v) is 3.94. The Kier molecular flexibility index (Phi) is 5.09. The summed E-state index contributed by atoms with van der Waals surface area (Å²) in [6.45, 7) is 1.81. The number of carbonyl (C=O) groups excluding carboxylic acids is 2. The Hall–Kier alpha value is -3.14. The molecule has 0 unspecified atom stereocenters. The molecule has 126 valence electrons. The molecule has 3 aromatic carbocycles. The van der Waals surface area contributed by atoms with Crippen LogP contribution in [-0.2, 0) is 16.1 Å². The number of nitrogens with one attached hydrogen (secondary N) is 1. The summed E-state index contributed by atoms with van der Waals surface area (Å²) in [4.78, 5) is 24.4. The minimum atomic E-state index is -0.720. The lowest BCUT2D eigenvalue weighted by molar-refractivity contribution is -0.146. The zero-order valence-corrected chi connectivity index (χ0v) is 13.9. The summed E-state index contributed by atoms with van der Waals surface area (Å²) in [5.74, 6) is -0.757. The molecule has 25 heavy (non-hydrogen) atoms. The molecule has 0 aliphatic carbocycles. The number of esters is 1. The summed E-state index contributed by atoms with van der Waals surface area (Å²) >= 11 is 0. The molecule has 0 saturated carbocycles. The van der Waals surface area contributed by atoms with E-state index in [0.717, 1.165) is 16.3 Å². The topological polar surface area (TPSA) is 55.4 Å². The van der Waals surface area contributed by atoms with Gasteiger partial charge in [0.05, 0.1) is 0 Å². The Morgan fingerprint density at radius 2 is 1.60 bits per heavy atom. The van der Waals surface area contributed by atoms with Crippen LogP contribution in [0.1, 0.15) is 22.8 Å². The fourth-order valence-corrected chi connectivity index (χ4v) is 2.52. The Morgan fingerprint density at radius 1 is 0.920 bits per heavy atom. The molecule has 3 rings (SSSR count). The van der Waals surface area contributed by atoms with Crippen LogP contribution in [0.25, 0.3) is 10.8 Å². The van der Waals surface area contributed by atoms with Crippen molar-refractivity contribution in [2.24, 2.45) is 0 Å². The predicted molar refractivity (Wildman–Crippen MR) is 97.1 cm³/mol. The second-order valence-electron chi connectivity index (χ2n) is 5.85. The predicted octanol–water partition coefficient (Wildman–Crippen LogP) is 3.70. The van der Waals surface area contributed by atoms with E-state index in [1.807, 2.05) is 66.7 Å². The maximum Gasteiger partial charge on any atom is 0.328 e. The van der Waals surface area contributed by atoms with Gasteiger partial charge >= 0.3 is 5.97 Å². The Labute approximate surface area is 146 Å². The Bertz CT molecular complexity index is 890. The van der Waals surface area contributed by atoms with Crippen LogP contribution in [-0.4, -0.2) is 17.9 Å². The van der Waals surface area contributed by atoms with E-state index in [0.29, 0.717) is 5.56 Å². The van der Waals surface area contributed by atoms with Crippen molar-refractivity contribution >= 4 is 22.6 Å². The zero-order valence-electron chi connectivity index (χ0n) is 13.9. The van der Waals surface area contributed by atoms with Crippen molar-refractivity contribution < 1.29 is 14.3 Å². The van der Waals surface area contributed by atoms with Gasteiger partial charge in [0.25, 0.3) is 5.91 Å². The number of rotatable bonds is 5. The van der Waals surface area contributed by atoms with E-state index >= 15 is 0 Å². The number of amides is 1. The molecule has 3 aromatic rings. The molecule has 0 saturated heterocycles. The van der Waals surface area contributed by atoms with Gasteiger partial charge in [-0.05, 0) is 35.4 Å². The minimum Gasteiger partial charge on any atom is -0.459 e. The molecule has 0 spiro atoms. The summed E-state index contributed by atoms with van der Waals surface area (Å²) in [5, 5.41) is 4.73. The van der Waals surface area contributed by atoms with Crippen molar-refractivity contribution in [3.63, 3.8) is 0 Å². The third kappa shape index (κ3) is 4.23. The quantitative estimate of drug-likeness (QED) is 0.724. The van der Waals surface area contributed by atoms with Crippen molar-refractivity contribution in [3.8, 4) is 0 Å². The van der Waals surface area contributed by atoms with Gasteiger partial charge in [-0.3, -0.25) is 4.79 Å². The van der Waals surface area contributed by atoms with Crippen LogP contribution in [0, 0.1) is 0 Å². The number of carbonyl (C=O) groups is 2. The van der Waals surface area contributed by atoms with Crippen LogP contribution in [0.2, 0.25) is 0 Å². The van der Waals surface area contributed by atoms with Gasteiger partial charge in [0.1, 0.15) is 12.6 Å². The average Bonchev–Trinajstić information content (AvgIpc) is 2.66. The fourth-order valence-electron chi connectivity index (χ4n) is 2.52. The highest BCUT2D eigenvalue weighted by atomic mass is 16.5. The molecule has 0 bridgehead atoms. The number of hydrogen-bond acceptors (Lipinski definition) is 3. The molecule has 4 heteroatoms. The largest absolute Gasteiger partial charge is 0.459 e. The highest BCUT2D eigenvalue weighted by molar-refractivity contribution is 6.00. The number of hydrogen-bond donors (Lipinski definition) is 1. The molecule has 1 N–H and O–H groups in total. The molecule has 1 amide bonds. The summed E-state index contributed by atoms with van der Waals surface area (Å²) in [6, 6.07) is 22.0. The SMILES string of the molecule is C[C@H](NC(=O)c1ccc2ccccc2c1)C(=O)OCc1ccccc1. The van der Waals surface area contributed by atoms with Crippen molar-refractivity contribution in [1.82, 2.24) is 5.32 Å². The van der Waals surface area contributed by atoms with Crippen molar-refractivity contribution in [2.75, 3.05) is 0 Å². The number of benzene rings is 3. The molecule has 0 aliphatic heterocycles. The lowest BCUT2D eigenvalue weighted by Gasteiger charge is -2.14. The summed E-state index contributed by atoms with van der Waals surface area (Å²) < 4.78 is 5.24. The van der Waals surface area contributed by atoms with E-state index in [1.54, 1.807) is 13.0 Å². The Morgan fingerprint density at radius 3 is 2.36 bits per heavy atom. The second kappa shape index (κ2) is 7.62. The highest BCUT2D eigenvalue weighted by Gasteiger charge is 2.18. The van der Waals surface area contributed by atoms with E-state index in [9.17, 15) is 9.59 Å². The summed E-state index contributed by atoms with van der Waals surface area (Å²) in [7, 11) is 0. The molecule has 4 nitrogen and oxygen atoms in total. The van der Waals surface area contributed by atoms with Crippen LogP contribution >= 0.6 is 0 Å². The highest BCUT2D eigenvalue weighted by Crippen LogP contribution is 2.15. The maximum atomic E-state index is 12.4. The van der Waals surface area contributed by atoms with Crippen LogP contribution < -0.4 is 5.32 Å². The van der Waals surface area contributed by atoms with E-state index in [2.05, 4.69) is 5.32 Å². The van der Waals surface area contributed by atoms with Gasteiger partial charge in [0, 0.05) is 5.56 Å². The smallest absolute Gasteiger partial charge is 0.328 e. The molecule has 1 atom stereocenters. The molecule has 0 radical (unpaired) electrons. The molecule has 0 heterocycles. The van der Waals surface area contributed by atoms with Gasteiger partial charge in [-0.1, -0.05) is 60.7 Å². The number of ether oxygens (including phenoxy) is 1. The fraction of sp³-hybridized carbons (Fsp3) is 0.143. The second-order valence-corrected chi connectivity index (χ2v) is 5.85. The van der Waals surface area contributed by atoms with Gasteiger partial charge in [-0.15, -0.1) is 0 Å². The van der Waals surface area contributed by atoms with Gasteiger partial charge in [0.2, 0.25) is 0 Å². The van der Waals surface area contributed by atoms with Crippen LogP contribution in [0.5, 0.6) is 0 Å². The monoisotopic (exact) mass is 333 g/mol. The first-order chi connectivity index (χ1) is 12.1. The first-order valence-electron chi connectivity index (χ1n) is 8.14. The van der Waals surface area contributed by atoms with Gasteiger partial charge < -0.3 is 10.1 Å². The lowest BCUT2D eigenvalue weighted by Crippen LogP contribution is -2.39. The normalized spacial score (nSPS) is 11.7. The summed E-state index contributed by atoms with van der Waals surface area (Å²) in [5.41, 5.74) is 1.42. The van der Waals surface area contributed by atoms with Crippen molar-refractivity contribution in [3.05, 3.63) is 83.9 Å². The summed E-state index contributed by atoms with van der Waals surface area (Å²) in [6.07, 6.45) is 0. The molecule has 0 fully saturated rings. The first-order valence-corrected chi connectivity index (χ1v) is 8.14. The van der Waals surface area contributed by atoms with E-state index in [4.69, 9.17) is 4.74 Å². The van der Waals surface area contributed by atoms with E-state index < -0.39 is 12.0 Å². The molecular formula is C21H19NO3. The minimum absolute atomic E-state index is 0.190. The average molecular weight is 333 g/mol. The maximum absolute atomic E-state index is 12.4. The van der Waals surface area contributed by atoms with Crippen LogP contribution in [0.15, 0.2) is 72.8 Å². The molecular weight excluding hydrogens is 314 g/mol. The van der Waals surface area contributed by atoms with Crippen LogP contribution in [0.4, 0.5) is 0 Å².